The van der Waals surface area contributed by atoms with Gasteiger partial charge in [0.15, 0.2) is 5.75 Å². The maximum atomic E-state index is 12.1. The summed E-state index contributed by atoms with van der Waals surface area (Å²) < 4.78 is 7.80. The van der Waals surface area contributed by atoms with E-state index in [9.17, 15) is 4.79 Å². The first kappa shape index (κ1) is 17.0. The van der Waals surface area contributed by atoms with Crippen LogP contribution in [-0.4, -0.2) is 21.7 Å². The molecule has 0 aliphatic heterocycles. The molecule has 1 saturated carbocycles. The third-order valence-electron chi connectivity index (χ3n) is 4.19. The number of carbonyl (C=O) groups excluding carboxylic acids is 1. The monoisotopic (exact) mass is 338 g/mol. The Balaban J connectivity index is 1.83. The normalized spacial score (nSPS) is 13.3. The maximum Gasteiger partial charge on any atom is 0.241 e. The van der Waals surface area contributed by atoms with Crippen molar-refractivity contribution >= 4 is 5.91 Å². The second-order valence-corrected chi connectivity index (χ2v) is 6.17. The van der Waals surface area contributed by atoms with Crippen LogP contribution in [0, 0.1) is 11.3 Å². The lowest BCUT2D eigenvalue weighted by molar-refractivity contribution is -0.122. The van der Waals surface area contributed by atoms with E-state index >= 15 is 0 Å². The van der Waals surface area contributed by atoms with E-state index in [-0.39, 0.29) is 12.5 Å². The maximum absolute atomic E-state index is 12.1. The van der Waals surface area contributed by atoms with Gasteiger partial charge < -0.3 is 10.1 Å². The number of benzene rings is 1. The molecule has 0 saturated heterocycles. The number of hydrogen-bond acceptors (Lipinski definition) is 4. The summed E-state index contributed by atoms with van der Waals surface area (Å²) in [4.78, 5) is 12.1. The summed E-state index contributed by atoms with van der Waals surface area (Å²) in [5.41, 5.74) is 2.33. The van der Waals surface area contributed by atoms with E-state index in [1.807, 2.05) is 13.8 Å². The number of carbonyl (C=O) groups is 1. The van der Waals surface area contributed by atoms with Gasteiger partial charge in [0.1, 0.15) is 18.0 Å². The molecule has 6 heteroatoms. The number of hydrogen-bond donors (Lipinski definition) is 1. The third-order valence-corrected chi connectivity index (χ3v) is 4.19. The van der Waals surface area contributed by atoms with Crippen molar-refractivity contribution in [1.82, 2.24) is 15.1 Å². The fourth-order valence-corrected chi connectivity index (χ4v) is 2.71. The molecule has 0 bridgehead atoms. The number of ether oxygens (including phenoxy) is 1. The largest absolute Gasteiger partial charge is 0.453 e. The van der Waals surface area contributed by atoms with Gasteiger partial charge in [-0.05, 0) is 49.9 Å². The van der Waals surface area contributed by atoms with Crippen LogP contribution in [0.1, 0.15) is 43.6 Å². The van der Waals surface area contributed by atoms with Crippen molar-refractivity contribution in [1.29, 1.82) is 5.26 Å². The Morgan fingerprint density at radius 1 is 1.32 bits per heavy atom. The highest BCUT2D eigenvalue weighted by molar-refractivity contribution is 5.76. The van der Waals surface area contributed by atoms with Gasteiger partial charge in [-0.2, -0.15) is 10.4 Å². The van der Waals surface area contributed by atoms with Gasteiger partial charge in [-0.15, -0.1) is 0 Å². The van der Waals surface area contributed by atoms with E-state index in [1.165, 1.54) is 0 Å². The Labute approximate surface area is 147 Å². The second kappa shape index (κ2) is 7.39. The van der Waals surface area contributed by atoms with E-state index < -0.39 is 0 Å². The van der Waals surface area contributed by atoms with E-state index in [4.69, 9.17) is 10.00 Å². The molecular formula is C19H22N4O2. The molecule has 1 aliphatic rings. The summed E-state index contributed by atoms with van der Waals surface area (Å²) >= 11 is 0. The van der Waals surface area contributed by atoms with Crippen molar-refractivity contribution in [3.05, 3.63) is 41.2 Å². The summed E-state index contributed by atoms with van der Waals surface area (Å²) in [6.45, 7) is 4.25. The van der Waals surface area contributed by atoms with Gasteiger partial charge >= 0.3 is 0 Å². The number of amides is 1. The summed E-state index contributed by atoms with van der Waals surface area (Å²) in [6.07, 6.45) is 3.57. The molecular weight excluding hydrogens is 316 g/mol. The van der Waals surface area contributed by atoms with Crippen LogP contribution < -0.4 is 10.1 Å². The molecule has 0 spiro atoms. The van der Waals surface area contributed by atoms with E-state index in [2.05, 4.69) is 16.5 Å². The summed E-state index contributed by atoms with van der Waals surface area (Å²) in [6, 6.07) is 9.42. The van der Waals surface area contributed by atoms with Crippen molar-refractivity contribution < 1.29 is 9.53 Å². The molecule has 1 aromatic heterocycles. The molecule has 130 valence electrons. The Hall–Kier alpha value is -2.81. The molecule has 6 nitrogen and oxygen atoms in total. The first-order valence-electron chi connectivity index (χ1n) is 8.70. The highest BCUT2D eigenvalue weighted by Gasteiger charge is 2.25. The predicted octanol–water partition coefficient (Wildman–Crippen LogP) is 2.95. The molecule has 1 fully saturated rings. The van der Waals surface area contributed by atoms with Crippen LogP contribution in [0.2, 0.25) is 0 Å². The first-order valence-corrected chi connectivity index (χ1v) is 8.70. The van der Waals surface area contributed by atoms with Crippen LogP contribution in [0.15, 0.2) is 24.3 Å². The SMILES string of the molecule is CCc1nn(CC(=O)NC2CC2)c(CC)c1Oc1ccc(C#N)cc1. The van der Waals surface area contributed by atoms with Gasteiger partial charge in [0, 0.05) is 6.04 Å². The highest BCUT2D eigenvalue weighted by atomic mass is 16.5. The van der Waals surface area contributed by atoms with Gasteiger partial charge in [-0.25, -0.2) is 0 Å². The Morgan fingerprint density at radius 3 is 2.60 bits per heavy atom. The van der Waals surface area contributed by atoms with Crippen LogP contribution in [0.3, 0.4) is 0 Å². The molecule has 1 heterocycles. The number of aryl methyl sites for hydroxylation is 1. The molecule has 0 radical (unpaired) electrons. The van der Waals surface area contributed by atoms with Crippen LogP contribution in [0.4, 0.5) is 0 Å². The molecule has 0 unspecified atom stereocenters. The molecule has 1 aromatic carbocycles. The van der Waals surface area contributed by atoms with Crippen LogP contribution >= 0.6 is 0 Å². The van der Waals surface area contributed by atoms with E-state index in [1.54, 1.807) is 28.9 Å². The number of rotatable bonds is 7. The Morgan fingerprint density at radius 2 is 2.04 bits per heavy atom. The van der Waals surface area contributed by atoms with Gasteiger partial charge in [0.05, 0.1) is 17.3 Å². The van der Waals surface area contributed by atoms with Crippen molar-refractivity contribution in [3.63, 3.8) is 0 Å². The fourth-order valence-electron chi connectivity index (χ4n) is 2.71. The molecule has 1 amide bonds. The smallest absolute Gasteiger partial charge is 0.241 e. The summed E-state index contributed by atoms with van der Waals surface area (Å²) in [7, 11) is 0. The van der Waals surface area contributed by atoms with Crippen molar-refractivity contribution in [2.75, 3.05) is 0 Å². The Bertz CT molecular complexity index is 798. The van der Waals surface area contributed by atoms with Crippen LogP contribution in [0.5, 0.6) is 11.5 Å². The van der Waals surface area contributed by atoms with Gasteiger partial charge in [-0.3, -0.25) is 9.48 Å². The second-order valence-electron chi connectivity index (χ2n) is 6.17. The number of nitriles is 1. The molecule has 1 aliphatic carbocycles. The first-order chi connectivity index (χ1) is 12.1. The highest BCUT2D eigenvalue weighted by Crippen LogP contribution is 2.30. The minimum Gasteiger partial charge on any atom is -0.453 e. The predicted molar refractivity (Wildman–Crippen MR) is 93.4 cm³/mol. The zero-order chi connectivity index (χ0) is 17.8. The van der Waals surface area contributed by atoms with E-state index in [0.717, 1.165) is 37.1 Å². The van der Waals surface area contributed by atoms with Crippen LogP contribution in [-0.2, 0) is 24.2 Å². The van der Waals surface area contributed by atoms with Crippen molar-refractivity contribution in [2.45, 2.75) is 52.1 Å². The Kier molecular flexibility index (Phi) is 5.03. The van der Waals surface area contributed by atoms with Crippen molar-refractivity contribution in [3.8, 4) is 17.6 Å². The molecule has 2 aromatic rings. The van der Waals surface area contributed by atoms with Gasteiger partial charge in [-0.1, -0.05) is 13.8 Å². The third kappa shape index (κ3) is 4.00. The molecule has 1 N–H and O–H groups in total. The zero-order valence-electron chi connectivity index (χ0n) is 14.6. The van der Waals surface area contributed by atoms with Crippen molar-refractivity contribution in [2.24, 2.45) is 0 Å². The lowest BCUT2D eigenvalue weighted by Crippen LogP contribution is -2.30. The average Bonchev–Trinajstić information content (AvgIpc) is 3.37. The number of nitrogens with zero attached hydrogens (tertiary/aromatic N) is 3. The summed E-state index contributed by atoms with van der Waals surface area (Å²) in [5.74, 6) is 1.37. The fraction of sp³-hybridized carbons (Fsp3) is 0.421. The standard InChI is InChI=1S/C19H22N4O2/c1-3-16-19(25-15-9-5-13(11-20)6-10-15)17(4-2)23(22-16)12-18(24)21-14-7-8-14/h5-6,9-10,14H,3-4,7-8,12H2,1-2H3,(H,21,24). The van der Waals surface area contributed by atoms with Crippen LogP contribution in [0.25, 0.3) is 0 Å². The lowest BCUT2D eigenvalue weighted by Gasteiger charge is -2.09. The van der Waals surface area contributed by atoms with Gasteiger partial charge in [0.2, 0.25) is 5.91 Å². The summed E-state index contributed by atoms with van der Waals surface area (Å²) in [5, 5.41) is 16.5. The number of nitrogens with one attached hydrogen (secondary N) is 1. The zero-order valence-corrected chi connectivity index (χ0v) is 14.6. The molecule has 25 heavy (non-hydrogen) atoms. The van der Waals surface area contributed by atoms with Gasteiger partial charge in [0.25, 0.3) is 0 Å². The lowest BCUT2D eigenvalue weighted by atomic mass is 10.2. The van der Waals surface area contributed by atoms with E-state index in [0.29, 0.717) is 23.1 Å². The molecule has 0 atom stereocenters. The minimum atomic E-state index is -0.00715. The quantitative estimate of drug-likeness (QED) is 0.842. The topological polar surface area (TPSA) is 79.9 Å². The number of aromatic nitrogens is 2. The molecule has 3 rings (SSSR count). The minimum absolute atomic E-state index is 0.00715. The average molecular weight is 338 g/mol.